The number of hydrogen-bond acceptors (Lipinski definition) is 2. The lowest BCUT2D eigenvalue weighted by atomic mass is 10.3. The molecule has 2 aromatic rings. The van der Waals surface area contributed by atoms with Crippen LogP contribution in [0.5, 0.6) is 6.01 Å². The summed E-state index contributed by atoms with van der Waals surface area (Å²) >= 11 is 4.59. The van der Waals surface area contributed by atoms with Crippen molar-refractivity contribution in [2.45, 2.75) is 0 Å². The third kappa shape index (κ3) is 1.76. The fraction of sp³-hybridized carbons (Fsp3) is 0.125. The van der Waals surface area contributed by atoms with Crippen molar-refractivity contribution in [1.29, 1.82) is 0 Å². The average Bonchev–Trinajstić information content (AvgIpc) is 2.48. The number of aromatic nitrogens is 2. The van der Waals surface area contributed by atoms with Gasteiger partial charge in [-0.05, 0) is 57.3 Å². The number of nitrogens with zero attached hydrogens (tertiary/aromatic N) is 1. The van der Waals surface area contributed by atoms with E-state index in [0.29, 0.717) is 6.01 Å². The molecule has 0 unspecified atom stereocenters. The maximum absolute atomic E-state index is 5.01. The van der Waals surface area contributed by atoms with Crippen molar-refractivity contribution in [2.75, 3.05) is 7.11 Å². The number of H-pyrrole nitrogens is 1. The first kappa shape index (κ1) is 9.50. The molecule has 1 heterocycles. The van der Waals surface area contributed by atoms with Crippen molar-refractivity contribution in [3.8, 4) is 6.01 Å². The van der Waals surface area contributed by atoms with Gasteiger partial charge >= 0.3 is 0 Å². The molecule has 0 fully saturated rings. The van der Waals surface area contributed by atoms with Gasteiger partial charge in [-0.1, -0.05) is 0 Å². The van der Waals surface area contributed by atoms with Crippen LogP contribution in [0.4, 0.5) is 0 Å². The molecular weight excluding hydrogens is 394 g/mol. The molecule has 3 nitrogen and oxygen atoms in total. The number of fused-ring (bicyclic) bond motifs is 1. The molecule has 0 spiro atoms. The molecule has 1 N–H and O–H groups in total. The van der Waals surface area contributed by atoms with Gasteiger partial charge in [0, 0.05) is 7.14 Å². The first-order chi connectivity index (χ1) is 6.20. The first-order valence-electron chi connectivity index (χ1n) is 3.59. The van der Waals surface area contributed by atoms with Gasteiger partial charge in [0.25, 0.3) is 6.01 Å². The minimum Gasteiger partial charge on any atom is -0.468 e. The highest BCUT2D eigenvalue weighted by Crippen LogP contribution is 2.23. The van der Waals surface area contributed by atoms with Gasteiger partial charge in [0.2, 0.25) is 0 Å². The summed E-state index contributed by atoms with van der Waals surface area (Å²) in [5, 5.41) is 0. The van der Waals surface area contributed by atoms with E-state index in [1.807, 2.05) is 6.07 Å². The second-order valence-corrected chi connectivity index (χ2v) is 4.85. The molecule has 2 rings (SSSR count). The Labute approximate surface area is 103 Å². The number of imidazole rings is 1. The zero-order valence-electron chi connectivity index (χ0n) is 6.77. The van der Waals surface area contributed by atoms with Gasteiger partial charge in [0.05, 0.1) is 18.1 Å². The summed E-state index contributed by atoms with van der Waals surface area (Å²) in [6, 6.07) is 4.66. The van der Waals surface area contributed by atoms with E-state index in [4.69, 9.17) is 4.74 Å². The van der Waals surface area contributed by atoms with E-state index >= 15 is 0 Å². The molecule has 0 aliphatic rings. The average molecular weight is 400 g/mol. The Kier molecular flexibility index (Phi) is 2.63. The predicted octanol–water partition coefficient (Wildman–Crippen LogP) is 2.78. The van der Waals surface area contributed by atoms with Gasteiger partial charge in [-0.2, -0.15) is 4.98 Å². The molecule has 1 aromatic carbocycles. The molecule has 0 amide bonds. The number of halogens is 2. The fourth-order valence-electron chi connectivity index (χ4n) is 1.08. The zero-order chi connectivity index (χ0) is 9.42. The Morgan fingerprint density at radius 1 is 1.31 bits per heavy atom. The van der Waals surface area contributed by atoms with Crippen molar-refractivity contribution in [3.63, 3.8) is 0 Å². The minimum atomic E-state index is 0.563. The number of nitrogens with one attached hydrogen (secondary N) is 1. The van der Waals surface area contributed by atoms with Crippen LogP contribution in [0.15, 0.2) is 12.1 Å². The van der Waals surface area contributed by atoms with E-state index in [-0.39, 0.29) is 0 Å². The van der Waals surface area contributed by atoms with Crippen molar-refractivity contribution < 1.29 is 4.74 Å². The number of ether oxygens (including phenoxy) is 1. The molecule has 0 aliphatic heterocycles. The third-order valence-corrected chi connectivity index (χ3v) is 4.51. The van der Waals surface area contributed by atoms with E-state index < -0.39 is 0 Å². The number of hydrogen-bond donors (Lipinski definition) is 1. The fourth-order valence-corrected chi connectivity index (χ4v) is 2.00. The summed E-state index contributed by atoms with van der Waals surface area (Å²) in [6.45, 7) is 0. The van der Waals surface area contributed by atoms with Gasteiger partial charge in [-0.25, -0.2) is 0 Å². The predicted molar refractivity (Wildman–Crippen MR) is 68.1 cm³/mol. The van der Waals surface area contributed by atoms with Gasteiger partial charge in [-0.3, -0.25) is 0 Å². The Balaban J connectivity index is 2.70. The molecular formula is C8H6I2N2O. The smallest absolute Gasteiger partial charge is 0.294 e. The third-order valence-electron chi connectivity index (χ3n) is 1.70. The van der Waals surface area contributed by atoms with Crippen LogP contribution in [0.2, 0.25) is 0 Å². The highest BCUT2D eigenvalue weighted by atomic mass is 127. The normalized spacial score (nSPS) is 10.7. The molecule has 0 radical (unpaired) electrons. The van der Waals surface area contributed by atoms with Crippen LogP contribution in [0.3, 0.4) is 0 Å². The summed E-state index contributed by atoms with van der Waals surface area (Å²) in [7, 11) is 1.60. The number of rotatable bonds is 1. The number of benzene rings is 1. The van der Waals surface area contributed by atoms with Crippen LogP contribution >= 0.6 is 45.2 Å². The van der Waals surface area contributed by atoms with Crippen molar-refractivity contribution in [2.24, 2.45) is 0 Å². The largest absolute Gasteiger partial charge is 0.468 e. The van der Waals surface area contributed by atoms with E-state index in [2.05, 4.69) is 61.2 Å². The van der Waals surface area contributed by atoms with Gasteiger partial charge < -0.3 is 9.72 Å². The van der Waals surface area contributed by atoms with Crippen LogP contribution < -0.4 is 4.74 Å². The molecule has 0 bridgehead atoms. The molecule has 5 heteroatoms. The Bertz CT molecular complexity index is 414. The number of methoxy groups -OCH3 is 1. The second kappa shape index (κ2) is 3.60. The standard InChI is InChI=1S/C8H6I2N2O/c1-13-8-11-6-2-4(9)5(10)3-7(6)12-8/h2-3H,1H3,(H,11,12). The molecule has 0 atom stereocenters. The molecule has 0 saturated carbocycles. The Morgan fingerprint density at radius 2 is 2.00 bits per heavy atom. The van der Waals surface area contributed by atoms with Gasteiger partial charge in [0.15, 0.2) is 0 Å². The molecule has 0 saturated heterocycles. The van der Waals surface area contributed by atoms with Crippen molar-refractivity contribution in [3.05, 3.63) is 19.3 Å². The summed E-state index contributed by atoms with van der Waals surface area (Å²) in [5.41, 5.74) is 1.96. The second-order valence-electron chi connectivity index (χ2n) is 2.53. The van der Waals surface area contributed by atoms with Crippen LogP contribution in [-0.2, 0) is 0 Å². The monoisotopic (exact) mass is 400 g/mol. The Morgan fingerprint density at radius 3 is 2.69 bits per heavy atom. The highest BCUT2D eigenvalue weighted by molar-refractivity contribution is 14.1. The van der Waals surface area contributed by atoms with Crippen LogP contribution in [0, 0.1) is 7.14 Å². The Hall–Kier alpha value is -0.0500. The van der Waals surface area contributed by atoms with Crippen LogP contribution in [0.25, 0.3) is 11.0 Å². The van der Waals surface area contributed by atoms with Crippen LogP contribution in [0.1, 0.15) is 0 Å². The summed E-state index contributed by atoms with van der Waals surface area (Å²) < 4.78 is 7.43. The van der Waals surface area contributed by atoms with E-state index in [9.17, 15) is 0 Å². The maximum Gasteiger partial charge on any atom is 0.294 e. The van der Waals surface area contributed by atoms with Gasteiger partial charge in [-0.15, -0.1) is 0 Å². The van der Waals surface area contributed by atoms with E-state index in [1.165, 1.54) is 7.14 Å². The zero-order valence-corrected chi connectivity index (χ0v) is 11.1. The molecule has 68 valence electrons. The molecule has 1 aromatic heterocycles. The summed E-state index contributed by atoms with van der Waals surface area (Å²) in [5.74, 6) is 0. The van der Waals surface area contributed by atoms with Gasteiger partial charge in [0.1, 0.15) is 0 Å². The lowest BCUT2D eigenvalue weighted by Gasteiger charge is -1.93. The quantitative estimate of drug-likeness (QED) is 0.749. The molecule has 13 heavy (non-hydrogen) atoms. The summed E-state index contributed by atoms with van der Waals surface area (Å²) in [6.07, 6.45) is 0. The summed E-state index contributed by atoms with van der Waals surface area (Å²) in [4.78, 5) is 7.32. The lowest BCUT2D eigenvalue weighted by Crippen LogP contribution is -1.82. The van der Waals surface area contributed by atoms with Crippen LogP contribution in [-0.4, -0.2) is 17.1 Å². The van der Waals surface area contributed by atoms with Crippen molar-refractivity contribution in [1.82, 2.24) is 9.97 Å². The SMILES string of the molecule is COc1nc2cc(I)c(I)cc2[nH]1. The highest BCUT2D eigenvalue weighted by Gasteiger charge is 2.05. The van der Waals surface area contributed by atoms with Crippen molar-refractivity contribution >= 4 is 56.2 Å². The maximum atomic E-state index is 5.01. The first-order valence-corrected chi connectivity index (χ1v) is 5.75. The van der Waals surface area contributed by atoms with E-state index in [0.717, 1.165) is 11.0 Å². The van der Waals surface area contributed by atoms with E-state index in [1.54, 1.807) is 7.11 Å². The number of aromatic amines is 1. The molecule has 0 aliphatic carbocycles. The topological polar surface area (TPSA) is 37.9 Å². The minimum absolute atomic E-state index is 0.563. The lowest BCUT2D eigenvalue weighted by molar-refractivity contribution is 0.386.